The number of halogens is 1. The molecular formula is C30H32FN3O2. The first-order chi connectivity index (χ1) is 17.6. The Hall–Kier alpha value is -3.48. The largest absolute Gasteiger partial charge is 0.395 e. The maximum absolute atomic E-state index is 14.1. The van der Waals surface area contributed by atoms with Gasteiger partial charge in [-0.05, 0) is 48.2 Å². The van der Waals surface area contributed by atoms with Crippen molar-refractivity contribution in [3.63, 3.8) is 0 Å². The third-order valence-corrected chi connectivity index (χ3v) is 7.36. The normalized spacial score (nSPS) is 22.4. The van der Waals surface area contributed by atoms with Gasteiger partial charge in [-0.25, -0.2) is 9.18 Å². The fourth-order valence-electron chi connectivity index (χ4n) is 5.47. The minimum Gasteiger partial charge on any atom is -0.395 e. The smallest absolute Gasteiger partial charge is 0.321 e. The van der Waals surface area contributed by atoms with Crippen molar-refractivity contribution in [1.29, 1.82) is 0 Å². The molecule has 5 rings (SSSR count). The lowest BCUT2D eigenvalue weighted by Crippen LogP contribution is -2.68. The van der Waals surface area contributed by atoms with E-state index >= 15 is 0 Å². The monoisotopic (exact) mass is 485 g/mol. The van der Waals surface area contributed by atoms with E-state index in [0.29, 0.717) is 13.1 Å². The van der Waals surface area contributed by atoms with E-state index in [9.17, 15) is 14.3 Å². The molecule has 6 heteroatoms. The summed E-state index contributed by atoms with van der Waals surface area (Å²) in [5, 5.41) is 12.9. The molecule has 3 atom stereocenters. The number of rotatable bonds is 5. The van der Waals surface area contributed by atoms with Crippen LogP contribution in [-0.4, -0.2) is 59.3 Å². The van der Waals surface area contributed by atoms with Crippen LogP contribution in [0.3, 0.4) is 0 Å². The van der Waals surface area contributed by atoms with Crippen molar-refractivity contribution in [3.05, 3.63) is 101 Å². The summed E-state index contributed by atoms with van der Waals surface area (Å²) < 4.78 is 14.1. The standard InChI is InChI=1S/C30H32FN3O2/c31-25-10-4-5-11-26(25)32-30(36)33-18-6-7-19-34-27(20-33)29(28(34)21-35)24-16-14-23(15-17-24)13-12-22-8-2-1-3-9-22/h1-5,8-17,27-29,35H,6-7,18-21H2,(H,32,36)/b13-12+/t27-,28-,29+/m1/s1. The molecule has 2 aliphatic heterocycles. The quantitative estimate of drug-likeness (QED) is 0.473. The number of nitrogens with one attached hydrogen (secondary N) is 1. The molecule has 0 saturated carbocycles. The molecule has 0 radical (unpaired) electrons. The topological polar surface area (TPSA) is 55.8 Å². The first-order valence-corrected chi connectivity index (χ1v) is 12.6. The number of carbonyl (C=O) groups excluding carboxylic acids is 1. The zero-order valence-electron chi connectivity index (χ0n) is 20.3. The van der Waals surface area contributed by atoms with Crippen molar-refractivity contribution < 1.29 is 14.3 Å². The first-order valence-electron chi connectivity index (χ1n) is 12.6. The number of urea groups is 1. The highest BCUT2D eigenvalue weighted by molar-refractivity contribution is 5.89. The number of hydrogen-bond donors (Lipinski definition) is 2. The highest BCUT2D eigenvalue weighted by Gasteiger charge is 2.49. The first kappa shape index (κ1) is 24.2. The Kier molecular flexibility index (Phi) is 7.44. The maximum atomic E-state index is 14.1. The van der Waals surface area contributed by atoms with Gasteiger partial charge in [-0.3, -0.25) is 4.90 Å². The van der Waals surface area contributed by atoms with E-state index in [0.717, 1.165) is 30.5 Å². The number of hydrogen-bond acceptors (Lipinski definition) is 3. The summed E-state index contributed by atoms with van der Waals surface area (Å²) in [5.41, 5.74) is 3.63. The second kappa shape index (κ2) is 11.1. The molecule has 2 fully saturated rings. The number of aliphatic hydroxyl groups is 1. The molecule has 0 unspecified atom stereocenters. The Morgan fingerprint density at radius 1 is 0.917 bits per heavy atom. The van der Waals surface area contributed by atoms with Crippen LogP contribution >= 0.6 is 0 Å². The van der Waals surface area contributed by atoms with Crippen molar-refractivity contribution in [2.45, 2.75) is 30.8 Å². The molecule has 3 aromatic carbocycles. The van der Waals surface area contributed by atoms with Crippen LogP contribution in [0.1, 0.15) is 35.4 Å². The van der Waals surface area contributed by atoms with Gasteiger partial charge in [-0.2, -0.15) is 0 Å². The number of anilines is 1. The number of fused-ring (bicyclic) bond motifs is 1. The predicted octanol–water partition coefficient (Wildman–Crippen LogP) is 5.45. The van der Waals surface area contributed by atoms with Crippen molar-refractivity contribution in [1.82, 2.24) is 9.80 Å². The summed E-state index contributed by atoms with van der Waals surface area (Å²) in [7, 11) is 0. The van der Waals surface area contributed by atoms with Crippen LogP contribution < -0.4 is 5.32 Å². The lowest BCUT2D eigenvalue weighted by Gasteiger charge is -2.57. The number of benzene rings is 3. The van der Waals surface area contributed by atoms with Gasteiger partial charge in [0, 0.05) is 31.1 Å². The van der Waals surface area contributed by atoms with Crippen LogP contribution in [0.25, 0.3) is 12.2 Å². The minimum absolute atomic E-state index is 0.0373. The second-order valence-electron chi connectivity index (χ2n) is 9.55. The van der Waals surface area contributed by atoms with E-state index in [1.54, 1.807) is 23.1 Å². The van der Waals surface area contributed by atoms with Gasteiger partial charge in [0.05, 0.1) is 12.3 Å². The van der Waals surface area contributed by atoms with Crippen LogP contribution in [0.5, 0.6) is 0 Å². The molecule has 0 spiro atoms. The molecule has 0 bridgehead atoms. The molecule has 2 N–H and O–H groups in total. The molecular weight excluding hydrogens is 453 g/mol. The molecule has 186 valence electrons. The number of amides is 2. The van der Waals surface area contributed by atoms with Crippen molar-refractivity contribution in [2.24, 2.45) is 0 Å². The van der Waals surface area contributed by atoms with Gasteiger partial charge < -0.3 is 15.3 Å². The van der Waals surface area contributed by atoms with Gasteiger partial charge in [0.2, 0.25) is 0 Å². The highest BCUT2D eigenvalue weighted by Crippen LogP contribution is 2.42. The molecule has 2 amide bonds. The Bertz CT molecular complexity index is 1200. The van der Waals surface area contributed by atoms with Crippen molar-refractivity contribution in [2.75, 3.05) is 31.6 Å². The van der Waals surface area contributed by atoms with Gasteiger partial charge in [0.15, 0.2) is 0 Å². The van der Waals surface area contributed by atoms with Crippen LogP contribution in [0.4, 0.5) is 14.9 Å². The van der Waals surface area contributed by atoms with E-state index in [1.165, 1.54) is 11.6 Å². The Balaban J connectivity index is 1.31. The third kappa shape index (κ3) is 5.20. The molecule has 2 aliphatic rings. The lowest BCUT2D eigenvalue weighted by atomic mass is 9.74. The van der Waals surface area contributed by atoms with E-state index in [2.05, 4.69) is 58.8 Å². The predicted molar refractivity (Wildman–Crippen MR) is 142 cm³/mol. The fourth-order valence-corrected chi connectivity index (χ4v) is 5.47. The fraction of sp³-hybridized carbons (Fsp3) is 0.300. The summed E-state index contributed by atoms with van der Waals surface area (Å²) in [5.74, 6) is -0.313. The zero-order valence-corrected chi connectivity index (χ0v) is 20.3. The summed E-state index contributed by atoms with van der Waals surface area (Å²) in [6, 6.07) is 24.8. The maximum Gasteiger partial charge on any atom is 0.321 e. The van der Waals surface area contributed by atoms with Gasteiger partial charge in [-0.15, -0.1) is 0 Å². The van der Waals surface area contributed by atoms with Crippen LogP contribution in [0, 0.1) is 5.82 Å². The van der Waals surface area contributed by atoms with Crippen LogP contribution in [0.15, 0.2) is 78.9 Å². The van der Waals surface area contributed by atoms with Gasteiger partial charge in [0.25, 0.3) is 0 Å². The van der Waals surface area contributed by atoms with E-state index in [4.69, 9.17) is 0 Å². The second-order valence-corrected chi connectivity index (χ2v) is 9.55. The van der Waals surface area contributed by atoms with Crippen molar-refractivity contribution in [3.8, 4) is 0 Å². The van der Waals surface area contributed by atoms with Gasteiger partial charge in [0.1, 0.15) is 5.82 Å². The number of carbonyl (C=O) groups is 1. The molecule has 36 heavy (non-hydrogen) atoms. The molecule has 2 saturated heterocycles. The minimum atomic E-state index is -0.442. The van der Waals surface area contributed by atoms with E-state index in [-0.39, 0.29) is 36.3 Å². The SMILES string of the molecule is O=C(Nc1ccccc1F)N1CCCCN2[C@H](CO)[C@@H](c3ccc(/C=C/c4ccccc4)cc3)[C@H]2C1. The summed E-state index contributed by atoms with van der Waals surface area (Å²) in [4.78, 5) is 17.2. The molecule has 0 aliphatic carbocycles. The van der Waals surface area contributed by atoms with Gasteiger partial charge >= 0.3 is 6.03 Å². The summed E-state index contributed by atoms with van der Waals surface area (Å²) >= 11 is 0. The summed E-state index contributed by atoms with van der Waals surface area (Å²) in [6.45, 7) is 2.16. The molecule has 2 heterocycles. The Labute approximate surface area is 211 Å². The van der Waals surface area contributed by atoms with Crippen molar-refractivity contribution >= 4 is 23.9 Å². The third-order valence-electron chi connectivity index (χ3n) is 7.36. The average molecular weight is 486 g/mol. The molecule has 0 aromatic heterocycles. The van der Waals surface area contributed by atoms with E-state index < -0.39 is 5.82 Å². The number of para-hydroxylation sites is 1. The Morgan fingerprint density at radius 2 is 1.58 bits per heavy atom. The van der Waals surface area contributed by atoms with Gasteiger partial charge in [-0.1, -0.05) is 78.9 Å². The van der Waals surface area contributed by atoms with Crippen LogP contribution in [-0.2, 0) is 0 Å². The van der Waals surface area contributed by atoms with E-state index in [1.807, 2.05) is 18.2 Å². The average Bonchev–Trinajstić information content (AvgIpc) is 2.89. The lowest BCUT2D eigenvalue weighted by molar-refractivity contribution is -0.0585. The molecule has 5 nitrogen and oxygen atoms in total. The summed E-state index contributed by atoms with van der Waals surface area (Å²) in [6.07, 6.45) is 6.02. The number of aliphatic hydroxyl groups excluding tert-OH is 1. The number of nitrogens with zero attached hydrogens (tertiary/aromatic N) is 2. The molecule has 3 aromatic rings. The Morgan fingerprint density at radius 3 is 2.31 bits per heavy atom. The van der Waals surface area contributed by atoms with Crippen LogP contribution in [0.2, 0.25) is 0 Å². The zero-order chi connectivity index (χ0) is 24.9. The highest BCUT2D eigenvalue weighted by atomic mass is 19.1.